The molecule has 1 aliphatic heterocycles. The normalized spacial score (nSPS) is 13.8. The lowest BCUT2D eigenvalue weighted by Gasteiger charge is -2.31. The van der Waals surface area contributed by atoms with Crippen molar-refractivity contribution < 1.29 is 9.59 Å². The highest BCUT2D eigenvalue weighted by Crippen LogP contribution is 2.43. The van der Waals surface area contributed by atoms with Gasteiger partial charge in [0, 0.05) is 30.1 Å². The van der Waals surface area contributed by atoms with E-state index in [0.29, 0.717) is 23.6 Å². The Morgan fingerprint density at radius 3 is 2.38 bits per heavy atom. The maximum Gasteiger partial charge on any atom is 0.265 e. The smallest absolute Gasteiger partial charge is 0.265 e. The summed E-state index contributed by atoms with van der Waals surface area (Å²) < 4.78 is 0. The second kappa shape index (κ2) is 14.2. The number of nitrogens with one attached hydrogen (secondary N) is 1. The van der Waals surface area contributed by atoms with Crippen LogP contribution < -0.4 is 10.2 Å². The molecule has 0 fully saturated rings. The van der Waals surface area contributed by atoms with Crippen molar-refractivity contribution in [2.24, 2.45) is 0 Å². The summed E-state index contributed by atoms with van der Waals surface area (Å²) >= 11 is 1.46. The van der Waals surface area contributed by atoms with Crippen molar-refractivity contribution in [1.82, 2.24) is 10.2 Å². The van der Waals surface area contributed by atoms with E-state index in [1.54, 1.807) is 4.90 Å². The minimum atomic E-state index is -0.123. The first-order valence-electron chi connectivity index (χ1n) is 14.5. The molecule has 0 unspecified atom stereocenters. The Kier molecular flexibility index (Phi) is 9.90. The largest absolute Gasteiger partial charge is 0.352 e. The number of fused-ring (bicyclic) bond motifs is 1. The molecule has 214 valence electrons. The number of nitrogens with zero attached hydrogens (tertiary/aromatic N) is 2. The lowest BCUT2D eigenvalue weighted by atomic mass is 10.1. The third-order valence-corrected chi connectivity index (χ3v) is 8.42. The van der Waals surface area contributed by atoms with Crippen molar-refractivity contribution in [2.45, 2.75) is 38.3 Å². The Labute approximate surface area is 253 Å². The first kappa shape index (κ1) is 29.4. The van der Waals surface area contributed by atoms with E-state index in [-0.39, 0.29) is 11.8 Å². The molecule has 0 aromatic heterocycles. The van der Waals surface area contributed by atoms with Gasteiger partial charge in [-0.25, -0.2) is 0 Å². The minimum absolute atomic E-state index is 0.0616. The van der Waals surface area contributed by atoms with Gasteiger partial charge in [0.2, 0.25) is 0 Å². The fourth-order valence-electron chi connectivity index (χ4n) is 5.10. The number of thioether (sulfide) groups is 1. The number of rotatable bonds is 11. The summed E-state index contributed by atoms with van der Waals surface area (Å²) in [6.45, 7) is 8.00. The average Bonchev–Trinajstić information content (AvgIpc) is 3.01. The van der Waals surface area contributed by atoms with Crippen molar-refractivity contribution in [3.63, 3.8) is 0 Å². The van der Waals surface area contributed by atoms with Gasteiger partial charge in [-0.1, -0.05) is 109 Å². The Balaban J connectivity index is 1.30. The number of hydrogen-bond acceptors (Lipinski definition) is 4. The van der Waals surface area contributed by atoms with Crippen LogP contribution in [0.3, 0.4) is 0 Å². The molecular weight excluding hydrogens is 538 g/mol. The maximum atomic E-state index is 13.8. The molecule has 5 rings (SSSR count). The third kappa shape index (κ3) is 7.58. The number of amides is 2. The Morgan fingerprint density at radius 1 is 0.905 bits per heavy atom. The first-order valence-corrected chi connectivity index (χ1v) is 15.3. The average molecular weight is 576 g/mol. The van der Waals surface area contributed by atoms with Crippen molar-refractivity contribution in [3.8, 4) is 0 Å². The number of hydrogen-bond donors (Lipinski definition) is 1. The molecule has 1 N–H and O–H groups in total. The lowest BCUT2D eigenvalue weighted by molar-refractivity contribution is -0.114. The van der Waals surface area contributed by atoms with E-state index in [1.807, 2.05) is 72.8 Å². The maximum absolute atomic E-state index is 13.8. The summed E-state index contributed by atoms with van der Waals surface area (Å²) in [4.78, 5) is 32.8. The molecule has 0 radical (unpaired) electrons. The van der Waals surface area contributed by atoms with Gasteiger partial charge in [-0.3, -0.25) is 14.5 Å². The molecule has 1 aliphatic rings. The highest BCUT2D eigenvalue weighted by atomic mass is 32.2. The highest BCUT2D eigenvalue weighted by molar-refractivity contribution is 8.04. The Hall–Kier alpha value is -4.13. The predicted molar refractivity (Wildman–Crippen MR) is 173 cm³/mol. The van der Waals surface area contributed by atoms with E-state index in [4.69, 9.17) is 0 Å². The van der Waals surface area contributed by atoms with Gasteiger partial charge in [-0.05, 0) is 60.9 Å². The van der Waals surface area contributed by atoms with Gasteiger partial charge < -0.3 is 10.2 Å². The molecule has 0 saturated heterocycles. The standard InChI is InChI=1S/C36H37N3O2S/c1-3-38(25-29-15-8-5-9-16-29)21-11-20-37-35(40)31-18-19-33-32(24-31)39(26-30-17-10-12-27(2)22-30)36(41)34(42-33)23-28-13-6-4-7-14-28/h4-10,12-19,22-24H,3,11,20-21,25-26H2,1-2H3,(H,37,40). The van der Waals surface area contributed by atoms with Crippen LogP contribution in [0.1, 0.15) is 46.0 Å². The third-order valence-electron chi connectivity index (χ3n) is 7.34. The van der Waals surface area contributed by atoms with Crippen LogP contribution in [0.25, 0.3) is 6.08 Å². The van der Waals surface area contributed by atoms with E-state index < -0.39 is 0 Å². The van der Waals surface area contributed by atoms with Crippen molar-refractivity contribution >= 4 is 35.3 Å². The number of benzene rings is 4. The molecule has 42 heavy (non-hydrogen) atoms. The molecule has 1 heterocycles. The van der Waals surface area contributed by atoms with Gasteiger partial charge in [0.25, 0.3) is 11.8 Å². The van der Waals surface area contributed by atoms with Gasteiger partial charge in [0.05, 0.1) is 17.1 Å². The van der Waals surface area contributed by atoms with Crippen molar-refractivity contribution in [1.29, 1.82) is 0 Å². The van der Waals surface area contributed by atoms with Crippen molar-refractivity contribution in [3.05, 3.63) is 136 Å². The first-order chi connectivity index (χ1) is 20.5. The zero-order valence-corrected chi connectivity index (χ0v) is 25.1. The molecule has 5 nitrogen and oxygen atoms in total. The van der Waals surface area contributed by atoms with E-state index in [9.17, 15) is 9.59 Å². The molecule has 4 aromatic carbocycles. The van der Waals surface area contributed by atoms with Gasteiger partial charge in [0.1, 0.15) is 0 Å². The van der Waals surface area contributed by atoms with Crippen LogP contribution in [0, 0.1) is 6.92 Å². The topological polar surface area (TPSA) is 52.7 Å². The van der Waals surface area contributed by atoms with Crippen LogP contribution in [-0.2, 0) is 17.9 Å². The van der Waals surface area contributed by atoms with Gasteiger partial charge in [-0.15, -0.1) is 0 Å². The molecule has 4 aromatic rings. The molecule has 2 amide bonds. The fraction of sp³-hybridized carbons (Fsp3) is 0.222. The monoisotopic (exact) mass is 575 g/mol. The Bertz CT molecular complexity index is 1550. The predicted octanol–water partition coefficient (Wildman–Crippen LogP) is 7.32. The van der Waals surface area contributed by atoms with Crippen molar-refractivity contribution in [2.75, 3.05) is 24.5 Å². The minimum Gasteiger partial charge on any atom is -0.352 e. The molecular formula is C36H37N3O2S. The lowest BCUT2D eigenvalue weighted by Crippen LogP contribution is -2.34. The van der Waals surface area contributed by atoms with Crippen LogP contribution in [0.5, 0.6) is 0 Å². The summed E-state index contributed by atoms with van der Waals surface area (Å²) in [6, 6.07) is 34.2. The van der Waals surface area contributed by atoms with Crippen LogP contribution >= 0.6 is 11.8 Å². The number of aryl methyl sites for hydroxylation is 1. The van der Waals surface area contributed by atoms with Crippen LogP contribution in [-0.4, -0.2) is 36.3 Å². The van der Waals surface area contributed by atoms with E-state index in [1.165, 1.54) is 17.3 Å². The molecule has 0 atom stereocenters. The summed E-state index contributed by atoms with van der Waals surface area (Å²) in [5.41, 5.74) is 5.79. The molecule has 0 bridgehead atoms. The van der Waals surface area contributed by atoms with E-state index in [0.717, 1.165) is 53.3 Å². The number of carbonyl (C=O) groups excluding carboxylic acids is 2. The second-order valence-corrected chi connectivity index (χ2v) is 11.6. The van der Waals surface area contributed by atoms with Crippen LogP contribution in [0.4, 0.5) is 5.69 Å². The van der Waals surface area contributed by atoms with Gasteiger partial charge >= 0.3 is 0 Å². The van der Waals surface area contributed by atoms with Crippen LogP contribution in [0.2, 0.25) is 0 Å². The molecule has 0 saturated carbocycles. The van der Waals surface area contributed by atoms with Crippen LogP contribution in [0.15, 0.2) is 113 Å². The number of carbonyl (C=O) groups is 2. The fourth-order valence-corrected chi connectivity index (χ4v) is 6.14. The van der Waals surface area contributed by atoms with Gasteiger partial charge in [0.15, 0.2) is 0 Å². The second-order valence-electron chi connectivity index (χ2n) is 10.5. The van der Waals surface area contributed by atoms with E-state index in [2.05, 4.69) is 60.5 Å². The van der Waals surface area contributed by atoms with E-state index >= 15 is 0 Å². The molecule has 6 heteroatoms. The SMILES string of the molecule is CCN(CCCNC(=O)c1ccc2c(c1)N(Cc1cccc(C)c1)C(=O)C(=Cc1ccccc1)S2)Cc1ccccc1. The number of anilines is 1. The van der Waals surface area contributed by atoms with Gasteiger partial charge in [-0.2, -0.15) is 0 Å². The highest BCUT2D eigenvalue weighted by Gasteiger charge is 2.30. The summed E-state index contributed by atoms with van der Waals surface area (Å²) in [5.74, 6) is -0.184. The summed E-state index contributed by atoms with van der Waals surface area (Å²) in [7, 11) is 0. The quantitative estimate of drug-likeness (QED) is 0.150. The molecule has 0 aliphatic carbocycles. The summed E-state index contributed by atoms with van der Waals surface area (Å²) in [5, 5.41) is 3.09. The molecule has 0 spiro atoms. The summed E-state index contributed by atoms with van der Waals surface area (Å²) in [6.07, 6.45) is 2.80. The zero-order chi connectivity index (χ0) is 29.3. The zero-order valence-electron chi connectivity index (χ0n) is 24.3. The Morgan fingerprint density at radius 2 is 1.64 bits per heavy atom.